The van der Waals surface area contributed by atoms with Gasteiger partial charge in [0, 0.05) is 36.9 Å². The highest BCUT2D eigenvalue weighted by atomic mass is 16.5. The molecule has 0 aliphatic carbocycles. The third-order valence-corrected chi connectivity index (χ3v) is 2.67. The van der Waals surface area contributed by atoms with Crippen molar-refractivity contribution in [2.75, 3.05) is 7.11 Å². The number of rotatable bonds is 5. The molecular formula is C15H16N2O3. The molecule has 0 radical (unpaired) electrons. The largest absolute Gasteiger partial charge is 0.497 e. The summed E-state index contributed by atoms with van der Waals surface area (Å²) in [6, 6.07) is 7.27. The number of allylic oxidation sites excluding steroid dienone is 1. The fraction of sp³-hybridized carbons (Fsp3) is 0.200. The summed E-state index contributed by atoms with van der Waals surface area (Å²) in [6.45, 7) is 1.37. The van der Waals surface area contributed by atoms with Crippen LogP contribution in [0.5, 0.6) is 11.5 Å². The molecule has 1 aromatic heterocycles. The molecule has 1 aromatic carbocycles. The number of ether oxygens (including phenoxy) is 2. The topological polar surface area (TPSA) is 64.2 Å². The van der Waals surface area contributed by atoms with Crippen LogP contribution in [0, 0.1) is 0 Å². The maximum absolute atomic E-state index is 11.1. The quantitative estimate of drug-likeness (QED) is 0.671. The van der Waals surface area contributed by atoms with Gasteiger partial charge in [-0.05, 0) is 18.2 Å². The SMILES string of the molecule is COc1ccc(/C=C/Cc2ccn[nH]2)c(OC(C)=O)c1. The Morgan fingerprint density at radius 2 is 2.25 bits per heavy atom. The predicted octanol–water partition coefficient (Wildman–Crippen LogP) is 2.60. The number of carbonyl (C=O) groups is 1. The lowest BCUT2D eigenvalue weighted by Crippen LogP contribution is -2.03. The molecule has 1 heterocycles. The minimum absolute atomic E-state index is 0.360. The zero-order valence-corrected chi connectivity index (χ0v) is 11.4. The van der Waals surface area contributed by atoms with E-state index in [1.54, 1.807) is 19.4 Å². The van der Waals surface area contributed by atoms with Crippen LogP contribution >= 0.6 is 0 Å². The van der Waals surface area contributed by atoms with Gasteiger partial charge in [-0.25, -0.2) is 0 Å². The Hall–Kier alpha value is -2.56. The number of aromatic nitrogens is 2. The molecule has 0 fully saturated rings. The van der Waals surface area contributed by atoms with Gasteiger partial charge >= 0.3 is 5.97 Å². The van der Waals surface area contributed by atoms with Crippen molar-refractivity contribution in [2.45, 2.75) is 13.3 Å². The van der Waals surface area contributed by atoms with E-state index in [1.807, 2.05) is 30.4 Å². The Labute approximate surface area is 117 Å². The minimum Gasteiger partial charge on any atom is -0.497 e. The normalized spacial score (nSPS) is 10.7. The third kappa shape index (κ3) is 3.71. The van der Waals surface area contributed by atoms with Gasteiger partial charge < -0.3 is 9.47 Å². The average Bonchev–Trinajstić information content (AvgIpc) is 2.93. The molecule has 0 atom stereocenters. The summed E-state index contributed by atoms with van der Waals surface area (Å²) < 4.78 is 10.3. The molecule has 2 rings (SSSR count). The second kappa shape index (κ2) is 6.56. The highest BCUT2D eigenvalue weighted by Crippen LogP contribution is 2.26. The van der Waals surface area contributed by atoms with Gasteiger partial charge in [-0.15, -0.1) is 0 Å². The maximum Gasteiger partial charge on any atom is 0.308 e. The number of nitrogens with zero attached hydrogens (tertiary/aromatic N) is 1. The second-order valence-corrected chi connectivity index (χ2v) is 4.19. The van der Waals surface area contributed by atoms with E-state index in [4.69, 9.17) is 9.47 Å². The summed E-state index contributed by atoms with van der Waals surface area (Å²) in [5, 5.41) is 6.76. The molecule has 1 N–H and O–H groups in total. The van der Waals surface area contributed by atoms with E-state index < -0.39 is 0 Å². The lowest BCUT2D eigenvalue weighted by molar-refractivity contribution is -0.131. The number of methoxy groups -OCH3 is 1. The van der Waals surface area contributed by atoms with Crippen LogP contribution in [-0.4, -0.2) is 23.3 Å². The molecular weight excluding hydrogens is 256 g/mol. The fourth-order valence-corrected chi connectivity index (χ4v) is 1.73. The Morgan fingerprint density at radius 3 is 2.90 bits per heavy atom. The number of carbonyl (C=O) groups excluding carboxylic acids is 1. The van der Waals surface area contributed by atoms with Crippen molar-refractivity contribution in [3.05, 3.63) is 47.8 Å². The van der Waals surface area contributed by atoms with Crippen LogP contribution in [0.4, 0.5) is 0 Å². The van der Waals surface area contributed by atoms with E-state index in [0.29, 0.717) is 11.5 Å². The first-order valence-corrected chi connectivity index (χ1v) is 6.20. The summed E-state index contributed by atoms with van der Waals surface area (Å²) in [6.07, 6.45) is 6.31. The first-order valence-electron chi connectivity index (χ1n) is 6.20. The number of hydrogen-bond acceptors (Lipinski definition) is 4. The van der Waals surface area contributed by atoms with Crippen LogP contribution in [0.15, 0.2) is 36.5 Å². The van der Waals surface area contributed by atoms with Crippen LogP contribution in [-0.2, 0) is 11.2 Å². The van der Waals surface area contributed by atoms with Gasteiger partial charge in [0.1, 0.15) is 11.5 Å². The van der Waals surface area contributed by atoms with E-state index in [2.05, 4.69) is 10.2 Å². The molecule has 0 saturated carbocycles. The van der Waals surface area contributed by atoms with E-state index in [0.717, 1.165) is 17.7 Å². The fourth-order valence-electron chi connectivity index (χ4n) is 1.73. The number of aromatic amines is 1. The molecule has 0 aliphatic rings. The maximum atomic E-state index is 11.1. The number of nitrogens with one attached hydrogen (secondary N) is 1. The monoisotopic (exact) mass is 272 g/mol. The Balaban J connectivity index is 2.16. The molecule has 5 nitrogen and oxygen atoms in total. The average molecular weight is 272 g/mol. The van der Waals surface area contributed by atoms with Gasteiger partial charge in [0.15, 0.2) is 0 Å². The van der Waals surface area contributed by atoms with Crippen LogP contribution < -0.4 is 9.47 Å². The standard InChI is InChI=1S/C15H16N2O3/c1-11(18)20-15-10-14(19-2)7-6-12(15)4-3-5-13-8-9-16-17-13/h3-4,6-10H,5H2,1-2H3,(H,16,17)/b4-3+. The number of H-pyrrole nitrogens is 1. The van der Waals surface area contributed by atoms with Crippen molar-refractivity contribution in [1.82, 2.24) is 10.2 Å². The Morgan fingerprint density at radius 1 is 1.40 bits per heavy atom. The van der Waals surface area contributed by atoms with E-state index in [1.165, 1.54) is 6.92 Å². The van der Waals surface area contributed by atoms with Gasteiger partial charge in [-0.1, -0.05) is 12.2 Å². The molecule has 0 unspecified atom stereocenters. The first-order chi connectivity index (χ1) is 9.69. The van der Waals surface area contributed by atoms with E-state index in [9.17, 15) is 4.79 Å². The highest BCUT2D eigenvalue weighted by molar-refractivity contribution is 5.72. The summed E-state index contributed by atoms with van der Waals surface area (Å²) in [7, 11) is 1.57. The Kier molecular flexibility index (Phi) is 4.55. The van der Waals surface area contributed by atoms with Crippen LogP contribution in [0.1, 0.15) is 18.2 Å². The van der Waals surface area contributed by atoms with Crippen molar-refractivity contribution in [1.29, 1.82) is 0 Å². The van der Waals surface area contributed by atoms with Crippen LogP contribution in [0.2, 0.25) is 0 Å². The summed E-state index contributed by atoms with van der Waals surface area (Å²) in [4.78, 5) is 11.1. The van der Waals surface area contributed by atoms with Gasteiger partial charge in [-0.2, -0.15) is 5.10 Å². The first kappa shape index (κ1) is 13.9. The molecule has 20 heavy (non-hydrogen) atoms. The van der Waals surface area contributed by atoms with Crippen molar-refractivity contribution in [3.8, 4) is 11.5 Å². The van der Waals surface area contributed by atoms with Gasteiger partial charge in [0.2, 0.25) is 0 Å². The summed E-state index contributed by atoms with van der Waals surface area (Å²) in [5.41, 5.74) is 1.84. The second-order valence-electron chi connectivity index (χ2n) is 4.19. The zero-order chi connectivity index (χ0) is 14.4. The van der Waals surface area contributed by atoms with E-state index >= 15 is 0 Å². The van der Waals surface area contributed by atoms with Crippen molar-refractivity contribution >= 4 is 12.0 Å². The number of benzene rings is 1. The molecule has 5 heteroatoms. The van der Waals surface area contributed by atoms with Crippen molar-refractivity contribution in [2.24, 2.45) is 0 Å². The smallest absolute Gasteiger partial charge is 0.308 e. The van der Waals surface area contributed by atoms with Crippen molar-refractivity contribution < 1.29 is 14.3 Å². The Bertz CT molecular complexity index is 604. The van der Waals surface area contributed by atoms with Gasteiger partial charge in [-0.3, -0.25) is 9.89 Å². The predicted molar refractivity (Wildman–Crippen MR) is 75.6 cm³/mol. The molecule has 0 bridgehead atoms. The molecule has 0 spiro atoms. The summed E-state index contributed by atoms with van der Waals surface area (Å²) >= 11 is 0. The van der Waals surface area contributed by atoms with Gasteiger partial charge in [0.25, 0.3) is 0 Å². The molecule has 104 valence electrons. The molecule has 0 amide bonds. The van der Waals surface area contributed by atoms with E-state index in [-0.39, 0.29) is 5.97 Å². The number of hydrogen-bond donors (Lipinski definition) is 1. The lowest BCUT2D eigenvalue weighted by Gasteiger charge is -2.08. The van der Waals surface area contributed by atoms with Crippen LogP contribution in [0.3, 0.4) is 0 Å². The zero-order valence-electron chi connectivity index (χ0n) is 11.4. The summed E-state index contributed by atoms with van der Waals surface area (Å²) in [5.74, 6) is 0.770. The highest BCUT2D eigenvalue weighted by Gasteiger charge is 2.06. The number of esters is 1. The third-order valence-electron chi connectivity index (χ3n) is 2.67. The minimum atomic E-state index is -0.360. The van der Waals surface area contributed by atoms with Crippen molar-refractivity contribution in [3.63, 3.8) is 0 Å². The molecule has 0 saturated heterocycles. The van der Waals surface area contributed by atoms with Gasteiger partial charge in [0.05, 0.1) is 7.11 Å². The van der Waals surface area contributed by atoms with Crippen LogP contribution in [0.25, 0.3) is 6.08 Å². The molecule has 2 aromatic rings. The molecule has 0 aliphatic heterocycles. The lowest BCUT2D eigenvalue weighted by atomic mass is 10.1.